The molecule has 2 saturated carbocycles. The fraction of sp³-hybridized carbons (Fsp3) is 1.00. The Kier molecular flexibility index (Phi) is 4.77. The molecule has 0 aromatic heterocycles. The van der Waals surface area contributed by atoms with Gasteiger partial charge in [0.25, 0.3) is 0 Å². The molecule has 0 radical (unpaired) electrons. The van der Waals surface area contributed by atoms with Crippen molar-refractivity contribution >= 4 is 104 Å². The summed E-state index contributed by atoms with van der Waals surface area (Å²) in [5, 5.41) is -0.774. The molecular weight excluding hydrogens is 439 g/mol. The highest BCUT2D eigenvalue weighted by Crippen LogP contribution is 2.82. The summed E-state index contributed by atoms with van der Waals surface area (Å²) in [7, 11) is 0. The van der Waals surface area contributed by atoms with Gasteiger partial charge in [0.05, 0.1) is 5.38 Å². The lowest BCUT2D eigenvalue weighted by Gasteiger charge is -2.48. The first-order valence-electron chi connectivity index (χ1n) is 5.33. The maximum atomic E-state index is 6.45. The van der Waals surface area contributed by atoms with E-state index in [2.05, 4.69) is 0 Å². The van der Waals surface area contributed by atoms with Crippen molar-refractivity contribution in [3.63, 3.8) is 0 Å². The van der Waals surface area contributed by atoms with E-state index in [0.29, 0.717) is 0 Å². The number of alkyl halides is 9. The van der Waals surface area contributed by atoms with Gasteiger partial charge in [0.1, 0.15) is 18.3 Å². The molecule has 0 saturated heterocycles. The molecule has 0 aliphatic heterocycles. The predicted octanol–water partition coefficient (Wildman–Crippen LogP) is 6.58. The molecule has 19 heavy (non-hydrogen) atoms. The van der Waals surface area contributed by atoms with Crippen molar-refractivity contribution in [1.29, 1.82) is 0 Å². The lowest BCUT2D eigenvalue weighted by atomic mass is 9.70. The second-order valence-electron chi connectivity index (χ2n) is 5.30. The van der Waals surface area contributed by atoms with Crippen LogP contribution in [-0.2, 0) is 0 Å². The number of rotatable bonds is 2. The maximum Gasteiger partial charge on any atom is 0.143 e. The molecule has 3 unspecified atom stereocenters. The molecular formula is C10H9Cl9. The number of hydrogen-bond donors (Lipinski definition) is 0. The fourth-order valence-corrected chi connectivity index (χ4v) is 8.42. The van der Waals surface area contributed by atoms with Crippen LogP contribution in [0.2, 0.25) is 0 Å². The lowest BCUT2D eigenvalue weighted by molar-refractivity contribution is 0.130. The summed E-state index contributed by atoms with van der Waals surface area (Å²) < 4.78 is -2.63. The molecule has 2 rings (SSSR count). The Balaban J connectivity index is 2.75. The maximum absolute atomic E-state index is 6.45. The van der Waals surface area contributed by atoms with Gasteiger partial charge in [-0.1, -0.05) is 30.1 Å². The van der Waals surface area contributed by atoms with Crippen LogP contribution < -0.4 is 0 Å². The largest absolute Gasteiger partial charge is 0.143 e. The average Bonchev–Trinajstić information content (AvgIpc) is 2.49. The Hall–Kier alpha value is 2.61. The Morgan fingerprint density at radius 3 is 1.74 bits per heavy atom. The smallest absolute Gasteiger partial charge is 0.119 e. The van der Waals surface area contributed by atoms with Crippen molar-refractivity contribution in [2.45, 2.75) is 37.1 Å². The van der Waals surface area contributed by atoms with Gasteiger partial charge in [0.2, 0.25) is 0 Å². The van der Waals surface area contributed by atoms with Gasteiger partial charge < -0.3 is 0 Å². The second kappa shape index (κ2) is 5.05. The van der Waals surface area contributed by atoms with Crippen LogP contribution in [0.3, 0.4) is 0 Å². The van der Waals surface area contributed by atoms with E-state index in [-0.39, 0.29) is 6.42 Å². The summed E-state index contributed by atoms with van der Waals surface area (Å²) in [4.78, 5) is -1.85. The summed E-state index contributed by atoms with van der Waals surface area (Å²) in [5.74, 6) is -0.542. The van der Waals surface area contributed by atoms with E-state index >= 15 is 0 Å². The van der Waals surface area contributed by atoms with Crippen molar-refractivity contribution in [2.75, 3.05) is 0 Å². The molecule has 0 N–H and O–H groups in total. The van der Waals surface area contributed by atoms with Gasteiger partial charge in [0, 0.05) is 16.7 Å². The Labute approximate surface area is 157 Å². The van der Waals surface area contributed by atoms with Crippen LogP contribution >= 0.6 is 104 Å². The van der Waals surface area contributed by atoms with Crippen molar-refractivity contribution in [3.8, 4) is 0 Å². The summed E-state index contributed by atoms with van der Waals surface area (Å²) in [5.41, 5.74) is -2.02. The first-order valence-corrected chi connectivity index (χ1v) is 9.02. The van der Waals surface area contributed by atoms with E-state index < -0.39 is 40.5 Å². The number of fused-ring (bicyclic) bond motifs is 2. The van der Waals surface area contributed by atoms with E-state index in [4.69, 9.17) is 104 Å². The minimum absolute atomic E-state index is 0.161. The Morgan fingerprint density at radius 1 is 0.947 bits per heavy atom. The van der Waals surface area contributed by atoms with E-state index in [1.54, 1.807) is 6.92 Å². The van der Waals surface area contributed by atoms with E-state index in [0.717, 1.165) is 0 Å². The van der Waals surface area contributed by atoms with Gasteiger partial charge in [-0.3, -0.25) is 0 Å². The standard InChI is InChI=1S/C10H9Cl9/c1-7(5(12)13)3-4(11)10(18,19)8(7,6(14)15)2-9(3,16)17/h3-6H,2H2,1H3/t3?,4-,7?,8?/m0/s1. The third-order valence-corrected chi connectivity index (χ3v) is 8.97. The van der Waals surface area contributed by atoms with Gasteiger partial charge in [-0.2, -0.15) is 0 Å². The van der Waals surface area contributed by atoms with Gasteiger partial charge >= 0.3 is 0 Å². The molecule has 2 fully saturated rings. The zero-order valence-electron chi connectivity index (χ0n) is 9.42. The highest BCUT2D eigenvalue weighted by atomic mass is 35.5. The van der Waals surface area contributed by atoms with Crippen LogP contribution in [0.15, 0.2) is 0 Å². The molecule has 2 aliphatic rings. The van der Waals surface area contributed by atoms with Crippen molar-refractivity contribution in [2.24, 2.45) is 16.7 Å². The first-order chi connectivity index (χ1) is 8.37. The van der Waals surface area contributed by atoms with Gasteiger partial charge in [-0.25, -0.2) is 0 Å². The summed E-state index contributed by atoms with van der Waals surface area (Å²) in [6, 6.07) is 0. The van der Waals surface area contributed by atoms with Crippen molar-refractivity contribution in [3.05, 3.63) is 0 Å². The van der Waals surface area contributed by atoms with Crippen LogP contribution in [0.5, 0.6) is 0 Å². The quantitative estimate of drug-likeness (QED) is 0.419. The third kappa shape index (κ3) is 1.94. The minimum Gasteiger partial charge on any atom is -0.119 e. The van der Waals surface area contributed by atoms with Gasteiger partial charge in [-0.05, 0) is 6.42 Å². The van der Waals surface area contributed by atoms with E-state index in [1.807, 2.05) is 0 Å². The zero-order chi connectivity index (χ0) is 15.0. The molecule has 4 atom stereocenters. The van der Waals surface area contributed by atoms with Crippen LogP contribution in [0.1, 0.15) is 13.3 Å². The average molecular weight is 448 g/mol. The second-order valence-corrected chi connectivity index (χ2v) is 10.9. The molecule has 0 aromatic carbocycles. The van der Waals surface area contributed by atoms with E-state index in [1.165, 1.54) is 0 Å². The molecule has 0 heterocycles. The van der Waals surface area contributed by atoms with Crippen LogP contribution in [-0.4, -0.2) is 23.7 Å². The summed E-state index contributed by atoms with van der Waals surface area (Å²) in [6.07, 6.45) is 0.161. The topological polar surface area (TPSA) is 0 Å². The molecule has 2 aliphatic carbocycles. The predicted molar refractivity (Wildman–Crippen MR) is 88.2 cm³/mol. The monoisotopic (exact) mass is 444 g/mol. The molecule has 0 spiro atoms. The zero-order valence-corrected chi connectivity index (χ0v) is 16.2. The molecule has 9 heteroatoms. The molecule has 0 nitrogen and oxygen atoms in total. The fourth-order valence-electron chi connectivity index (χ4n) is 3.63. The summed E-state index contributed by atoms with van der Waals surface area (Å²) in [6.45, 7) is 1.77. The van der Waals surface area contributed by atoms with Gasteiger partial charge in [0.15, 0.2) is 0 Å². The number of hydrogen-bond acceptors (Lipinski definition) is 0. The third-order valence-electron chi connectivity index (χ3n) is 4.64. The lowest BCUT2D eigenvalue weighted by Crippen LogP contribution is -2.53. The highest BCUT2D eigenvalue weighted by molar-refractivity contribution is 6.58. The highest BCUT2D eigenvalue weighted by Gasteiger charge is 2.85. The molecule has 0 amide bonds. The SMILES string of the molecule is CC1(C(Cl)Cl)C2[C@H](Cl)C(Cl)(Cl)C1(C(Cl)Cl)CC2(Cl)Cl. The van der Waals surface area contributed by atoms with Crippen LogP contribution in [0.25, 0.3) is 0 Å². The molecule has 112 valence electrons. The molecule has 0 aromatic rings. The molecule has 2 bridgehead atoms. The van der Waals surface area contributed by atoms with Gasteiger partial charge in [-0.15, -0.1) is 81.2 Å². The number of halogens is 9. The van der Waals surface area contributed by atoms with Crippen molar-refractivity contribution in [1.82, 2.24) is 0 Å². The van der Waals surface area contributed by atoms with Crippen LogP contribution in [0, 0.1) is 16.7 Å². The van der Waals surface area contributed by atoms with E-state index in [9.17, 15) is 0 Å². The Morgan fingerprint density at radius 2 is 1.42 bits per heavy atom. The summed E-state index contributed by atoms with van der Waals surface area (Å²) >= 11 is 56.7. The minimum atomic E-state index is -1.43. The Bertz CT molecular complexity index is 392. The van der Waals surface area contributed by atoms with Crippen LogP contribution in [0.4, 0.5) is 0 Å². The normalized spacial score (nSPS) is 47.4. The van der Waals surface area contributed by atoms with Crippen molar-refractivity contribution < 1.29 is 0 Å². The first kappa shape index (κ1) is 18.0.